The summed E-state index contributed by atoms with van der Waals surface area (Å²) in [5, 5.41) is 11.2. The molecule has 0 saturated heterocycles. The second-order valence-corrected chi connectivity index (χ2v) is 5.42. The van der Waals surface area contributed by atoms with E-state index in [1.807, 2.05) is 36.4 Å². The summed E-state index contributed by atoms with van der Waals surface area (Å²) < 4.78 is 0. The zero-order valence-electron chi connectivity index (χ0n) is 11.8. The molecule has 0 aromatic heterocycles. The van der Waals surface area contributed by atoms with Crippen LogP contribution in [0.25, 0.3) is 11.1 Å². The topological polar surface area (TPSA) is 20.2 Å². The van der Waals surface area contributed by atoms with E-state index in [9.17, 15) is 5.11 Å². The van der Waals surface area contributed by atoms with Crippen LogP contribution >= 0.6 is 0 Å². The Morgan fingerprint density at radius 2 is 1.45 bits per heavy atom. The Kier molecular flexibility index (Phi) is 3.45. The number of benzene rings is 2. The third-order valence-corrected chi connectivity index (χ3v) is 4.07. The Morgan fingerprint density at radius 3 is 2.00 bits per heavy atom. The van der Waals surface area contributed by atoms with E-state index in [0.29, 0.717) is 6.42 Å². The van der Waals surface area contributed by atoms with Crippen LogP contribution in [-0.2, 0) is 5.60 Å². The molecule has 102 valence electrons. The van der Waals surface area contributed by atoms with Crippen LogP contribution in [-0.4, -0.2) is 5.11 Å². The summed E-state index contributed by atoms with van der Waals surface area (Å²) in [6, 6.07) is 16.4. The molecule has 0 unspecified atom stereocenters. The standard InChI is InChI=1S/C19H20O/c1-2-3-4-9-14-19(20)17-12-7-5-10-15(17)16-11-6-8-13-18(16)19/h4-13,20H,2-3,14H2,1H3. The van der Waals surface area contributed by atoms with Crippen molar-refractivity contribution in [3.8, 4) is 11.1 Å². The molecule has 0 radical (unpaired) electrons. The first kappa shape index (κ1) is 13.1. The van der Waals surface area contributed by atoms with Crippen molar-refractivity contribution in [2.75, 3.05) is 0 Å². The highest BCUT2D eigenvalue weighted by Crippen LogP contribution is 2.49. The number of fused-ring (bicyclic) bond motifs is 3. The molecule has 1 N–H and O–H groups in total. The van der Waals surface area contributed by atoms with E-state index in [2.05, 4.69) is 31.2 Å². The number of rotatable bonds is 4. The Labute approximate surface area is 120 Å². The molecular weight excluding hydrogens is 244 g/mol. The van der Waals surface area contributed by atoms with E-state index in [-0.39, 0.29) is 0 Å². The molecule has 1 heteroatoms. The highest BCUT2D eigenvalue weighted by molar-refractivity contribution is 5.80. The third kappa shape index (κ3) is 1.99. The minimum absolute atomic E-state index is 0.640. The van der Waals surface area contributed by atoms with Crippen LogP contribution in [0.15, 0.2) is 60.7 Å². The lowest BCUT2D eigenvalue weighted by atomic mass is 9.88. The molecule has 0 bridgehead atoms. The fraction of sp³-hybridized carbons (Fsp3) is 0.263. The summed E-state index contributed by atoms with van der Waals surface area (Å²) >= 11 is 0. The van der Waals surface area contributed by atoms with Crippen LogP contribution in [0, 0.1) is 0 Å². The maximum atomic E-state index is 11.2. The van der Waals surface area contributed by atoms with Gasteiger partial charge in [0.15, 0.2) is 0 Å². The lowest BCUT2D eigenvalue weighted by molar-refractivity contribution is 0.0890. The maximum Gasteiger partial charge on any atom is 0.119 e. The summed E-state index contributed by atoms with van der Waals surface area (Å²) in [6.07, 6.45) is 7.13. The van der Waals surface area contributed by atoms with Crippen molar-refractivity contribution < 1.29 is 5.11 Å². The van der Waals surface area contributed by atoms with Gasteiger partial charge in [-0.15, -0.1) is 0 Å². The second-order valence-electron chi connectivity index (χ2n) is 5.42. The maximum absolute atomic E-state index is 11.2. The third-order valence-electron chi connectivity index (χ3n) is 4.07. The van der Waals surface area contributed by atoms with Crippen LogP contribution in [0.3, 0.4) is 0 Å². The highest BCUT2D eigenvalue weighted by atomic mass is 16.3. The van der Waals surface area contributed by atoms with Gasteiger partial charge in [-0.05, 0) is 28.7 Å². The van der Waals surface area contributed by atoms with Gasteiger partial charge in [0.2, 0.25) is 0 Å². The quantitative estimate of drug-likeness (QED) is 0.797. The Bertz CT molecular complexity index is 594. The highest BCUT2D eigenvalue weighted by Gasteiger charge is 2.39. The molecular formula is C19H20O. The van der Waals surface area contributed by atoms with Crippen LogP contribution in [0.4, 0.5) is 0 Å². The van der Waals surface area contributed by atoms with E-state index in [1.165, 1.54) is 0 Å². The lowest BCUT2D eigenvalue weighted by Crippen LogP contribution is -2.23. The van der Waals surface area contributed by atoms with Crippen molar-refractivity contribution in [2.24, 2.45) is 0 Å². The molecule has 2 aromatic rings. The molecule has 2 aromatic carbocycles. The van der Waals surface area contributed by atoms with E-state index >= 15 is 0 Å². The summed E-state index contributed by atoms with van der Waals surface area (Å²) in [5.41, 5.74) is 3.51. The predicted molar refractivity (Wildman–Crippen MR) is 83.5 cm³/mol. The summed E-state index contributed by atoms with van der Waals surface area (Å²) in [4.78, 5) is 0. The average molecular weight is 264 g/mol. The summed E-state index contributed by atoms with van der Waals surface area (Å²) in [7, 11) is 0. The van der Waals surface area contributed by atoms with Gasteiger partial charge >= 0.3 is 0 Å². The molecule has 0 saturated carbocycles. The molecule has 0 spiro atoms. The van der Waals surface area contributed by atoms with Gasteiger partial charge in [-0.2, -0.15) is 0 Å². The Balaban J connectivity index is 2.06. The van der Waals surface area contributed by atoms with Crippen molar-refractivity contribution in [3.63, 3.8) is 0 Å². The number of hydrogen-bond donors (Lipinski definition) is 1. The van der Waals surface area contributed by atoms with E-state index in [0.717, 1.165) is 35.1 Å². The molecule has 0 heterocycles. The smallest absolute Gasteiger partial charge is 0.119 e. The first-order valence-electron chi connectivity index (χ1n) is 7.34. The fourth-order valence-electron chi connectivity index (χ4n) is 3.06. The van der Waals surface area contributed by atoms with Gasteiger partial charge < -0.3 is 5.11 Å². The molecule has 1 aliphatic carbocycles. The molecule has 0 fully saturated rings. The van der Waals surface area contributed by atoms with Crippen LogP contribution in [0.5, 0.6) is 0 Å². The van der Waals surface area contributed by atoms with Crippen molar-refractivity contribution in [1.82, 2.24) is 0 Å². The van der Waals surface area contributed by atoms with Gasteiger partial charge in [0.05, 0.1) is 0 Å². The molecule has 20 heavy (non-hydrogen) atoms. The van der Waals surface area contributed by atoms with Crippen molar-refractivity contribution >= 4 is 0 Å². The molecule has 0 aliphatic heterocycles. The van der Waals surface area contributed by atoms with Gasteiger partial charge in [0.25, 0.3) is 0 Å². The first-order valence-corrected chi connectivity index (χ1v) is 7.34. The van der Waals surface area contributed by atoms with Gasteiger partial charge in [0.1, 0.15) is 5.60 Å². The lowest BCUT2D eigenvalue weighted by Gasteiger charge is -2.24. The number of unbranched alkanes of at least 4 members (excludes halogenated alkanes) is 1. The number of aliphatic hydroxyl groups is 1. The monoisotopic (exact) mass is 264 g/mol. The van der Waals surface area contributed by atoms with Gasteiger partial charge in [-0.3, -0.25) is 0 Å². The second kappa shape index (κ2) is 5.26. The van der Waals surface area contributed by atoms with Crippen LogP contribution in [0.1, 0.15) is 37.3 Å². The minimum atomic E-state index is -0.878. The van der Waals surface area contributed by atoms with E-state index in [4.69, 9.17) is 0 Å². The average Bonchev–Trinajstić information content (AvgIpc) is 2.75. The van der Waals surface area contributed by atoms with Crippen LogP contribution in [0.2, 0.25) is 0 Å². The minimum Gasteiger partial charge on any atom is -0.380 e. The van der Waals surface area contributed by atoms with E-state index < -0.39 is 5.60 Å². The molecule has 0 amide bonds. The van der Waals surface area contributed by atoms with Crippen molar-refractivity contribution in [2.45, 2.75) is 31.8 Å². The van der Waals surface area contributed by atoms with Gasteiger partial charge in [-0.25, -0.2) is 0 Å². The summed E-state index contributed by atoms with van der Waals surface area (Å²) in [6.45, 7) is 2.17. The zero-order chi connectivity index (χ0) is 14.0. The number of hydrogen-bond acceptors (Lipinski definition) is 1. The molecule has 1 aliphatic rings. The predicted octanol–water partition coefficient (Wildman–Crippen LogP) is 4.65. The molecule has 1 nitrogen and oxygen atoms in total. The zero-order valence-corrected chi connectivity index (χ0v) is 11.8. The van der Waals surface area contributed by atoms with Gasteiger partial charge in [0, 0.05) is 6.42 Å². The SMILES string of the molecule is CCCC=CCC1(O)c2ccccc2-c2ccccc21. The Hall–Kier alpha value is -1.86. The summed E-state index contributed by atoms with van der Waals surface area (Å²) in [5.74, 6) is 0. The van der Waals surface area contributed by atoms with Crippen molar-refractivity contribution in [3.05, 3.63) is 71.8 Å². The largest absolute Gasteiger partial charge is 0.380 e. The number of allylic oxidation sites excluding steroid dienone is 1. The fourth-order valence-corrected chi connectivity index (χ4v) is 3.06. The van der Waals surface area contributed by atoms with Crippen molar-refractivity contribution in [1.29, 1.82) is 0 Å². The molecule has 3 rings (SSSR count). The normalized spacial score (nSPS) is 15.3. The van der Waals surface area contributed by atoms with E-state index in [1.54, 1.807) is 0 Å². The Morgan fingerprint density at radius 1 is 0.900 bits per heavy atom. The van der Waals surface area contributed by atoms with Gasteiger partial charge in [-0.1, -0.05) is 74.0 Å². The molecule has 0 atom stereocenters. The first-order chi connectivity index (χ1) is 9.77. The van der Waals surface area contributed by atoms with Crippen LogP contribution < -0.4 is 0 Å².